The van der Waals surface area contributed by atoms with Crippen LogP contribution in [0, 0.1) is 6.92 Å². The maximum absolute atomic E-state index is 12.2. The summed E-state index contributed by atoms with van der Waals surface area (Å²) in [6.45, 7) is 5.54. The quantitative estimate of drug-likeness (QED) is 0.914. The van der Waals surface area contributed by atoms with E-state index in [2.05, 4.69) is 0 Å². The van der Waals surface area contributed by atoms with Gasteiger partial charge in [-0.05, 0) is 25.8 Å². The molecule has 1 atom stereocenters. The molecule has 0 saturated carbocycles. The summed E-state index contributed by atoms with van der Waals surface area (Å²) in [6, 6.07) is 0.106. The van der Waals surface area contributed by atoms with Crippen molar-refractivity contribution in [1.82, 2.24) is 4.90 Å². The summed E-state index contributed by atoms with van der Waals surface area (Å²) >= 11 is 0.988. The number of sulfonamides is 1. The molecule has 1 heterocycles. The smallest absolute Gasteiger partial charge is 0.254 e. The SMILES string of the molecule is CCC(C)N(C)C(=O)c1csc(S(N)(=O)=O)c1C. The molecule has 0 fully saturated rings. The molecule has 1 unspecified atom stereocenters. The Bertz CT molecular complexity index is 549. The van der Waals surface area contributed by atoms with Crippen LogP contribution in [0.15, 0.2) is 9.59 Å². The van der Waals surface area contributed by atoms with Crippen LogP contribution < -0.4 is 5.14 Å². The number of carbonyl (C=O) groups is 1. The Labute approximate surface area is 112 Å². The highest BCUT2D eigenvalue weighted by Crippen LogP contribution is 2.26. The van der Waals surface area contributed by atoms with Crippen LogP contribution in [0.3, 0.4) is 0 Å². The highest BCUT2D eigenvalue weighted by molar-refractivity contribution is 7.91. The predicted octanol–water partition coefficient (Wildman–Crippen LogP) is 1.57. The van der Waals surface area contributed by atoms with Gasteiger partial charge in [0, 0.05) is 18.5 Å². The third-order valence-electron chi connectivity index (χ3n) is 3.06. The number of carbonyl (C=O) groups excluding carboxylic acids is 1. The van der Waals surface area contributed by atoms with E-state index in [-0.39, 0.29) is 16.2 Å². The number of nitrogens with zero attached hydrogens (tertiary/aromatic N) is 1. The molecule has 2 N–H and O–H groups in total. The second kappa shape index (κ2) is 5.38. The Morgan fingerprint density at radius 1 is 1.56 bits per heavy atom. The molecule has 0 radical (unpaired) electrons. The summed E-state index contributed by atoms with van der Waals surface area (Å²) in [7, 11) is -2.04. The van der Waals surface area contributed by atoms with Crippen LogP contribution in [-0.2, 0) is 10.0 Å². The van der Waals surface area contributed by atoms with Crippen LogP contribution in [0.5, 0.6) is 0 Å². The predicted molar refractivity (Wildman–Crippen MR) is 72.3 cm³/mol. The van der Waals surface area contributed by atoms with Crippen molar-refractivity contribution in [3.05, 3.63) is 16.5 Å². The first-order valence-corrected chi connectivity index (χ1v) is 8.00. The van der Waals surface area contributed by atoms with E-state index in [0.29, 0.717) is 11.1 Å². The minimum absolute atomic E-state index is 0.0587. The van der Waals surface area contributed by atoms with Crippen molar-refractivity contribution < 1.29 is 13.2 Å². The van der Waals surface area contributed by atoms with Gasteiger partial charge in [-0.1, -0.05) is 6.92 Å². The van der Waals surface area contributed by atoms with Crippen molar-refractivity contribution in [2.45, 2.75) is 37.4 Å². The lowest BCUT2D eigenvalue weighted by Gasteiger charge is -2.23. The summed E-state index contributed by atoms with van der Waals surface area (Å²) in [5.41, 5.74) is 0.842. The van der Waals surface area contributed by atoms with E-state index in [9.17, 15) is 13.2 Å². The molecule has 0 spiro atoms. The number of hydrogen-bond donors (Lipinski definition) is 1. The molecule has 1 rings (SSSR count). The minimum atomic E-state index is -3.75. The first-order chi connectivity index (χ1) is 8.20. The van der Waals surface area contributed by atoms with Gasteiger partial charge in [-0.3, -0.25) is 4.79 Å². The fourth-order valence-electron chi connectivity index (χ4n) is 1.55. The Morgan fingerprint density at radius 3 is 2.50 bits per heavy atom. The molecule has 5 nitrogen and oxygen atoms in total. The van der Waals surface area contributed by atoms with Crippen molar-refractivity contribution in [2.75, 3.05) is 7.05 Å². The van der Waals surface area contributed by atoms with Crippen molar-refractivity contribution in [2.24, 2.45) is 5.14 Å². The zero-order valence-electron chi connectivity index (χ0n) is 10.9. The Balaban J connectivity index is 3.13. The van der Waals surface area contributed by atoms with E-state index < -0.39 is 10.0 Å². The monoisotopic (exact) mass is 290 g/mol. The first kappa shape index (κ1) is 15.1. The molecular weight excluding hydrogens is 272 g/mol. The van der Waals surface area contributed by atoms with Crippen molar-refractivity contribution in [3.8, 4) is 0 Å². The highest BCUT2D eigenvalue weighted by atomic mass is 32.2. The van der Waals surface area contributed by atoms with Gasteiger partial charge in [-0.25, -0.2) is 13.6 Å². The summed E-state index contributed by atoms with van der Waals surface area (Å²) in [4.78, 5) is 13.8. The van der Waals surface area contributed by atoms with Crippen LogP contribution >= 0.6 is 11.3 Å². The van der Waals surface area contributed by atoms with Crippen LogP contribution in [-0.4, -0.2) is 32.3 Å². The number of rotatable bonds is 4. The van der Waals surface area contributed by atoms with E-state index >= 15 is 0 Å². The lowest BCUT2D eigenvalue weighted by molar-refractivity contribution is 0.0740. The van der Waals surface area contributed by atoms with Crippen LogP contribution in [0.4, 0.5) is 0 Å². The molecule has 1 aromatic heterocycles. The van der Waals surface area contributed by atoms with Gasteiger partial charge < -0.3 is 4.90 Å². The normalized spacial score (nSPS) is 13.4. The molecule has 0 aromatic carbocycles. The molecular formula is C11H18N2O3S2. The molecule has 1 aromatic rings. The molecule has 0 aliphatic rings. The summed E-state index contributed by atoms with van der Waals surface area (Å²) in [6.07, 6.45) is 0.841. The largest absolute Gasteiger partial charge is 0.339 e. The van der Waals surface area contributed by atoms with Gasteiger partial charge in [0.15, 0.2) is 0 Å². The van der Waals surface area contributed by atoms with Gasteiger partial charge in [-0.2, -0.15) is 0 Å². The van der Waals surface area contributed by atoms with Gasteiger partial charge in [0.1, 0.15) is 4.21 Å². The van der Waals surface area contributed by atoms with Crippen LogP contribution in [0.25, 0.3) is 0 Å². The second-order valence-electron chi connectivity index (χ2n) is 4.28. The second-order valence-corrected chi connectivity index (χ2v) is 6.92. The average molecular weight is 290 g/mol. The molecule has 7 heteroatoms. The van der Waals surface area contributed by atoms with Crippen LogP contribution in [0.2, 0.25) is 0 Å². The summed E-state index contributed by atoms with van der Waals surface area (Å²) < 4.78 is 22.7. The van der Waals surface area contributed by atoms with E-state index in [1.807, 2.05) is 13.8 Å². The van der Waals surface area contributed by atoms with Crippen LogP contribution in [0.1, 0.15) is 36.2 Å². The van der Waals surface area contributed by atoms with E-state index in [4.69, 9.17) is 5.14 Å². The number of primary sulfonamides is 1. The maximum Gasteiger partial charge on any atom is 0.254 e. The number of amides is 1. The standard InChI is InChI=1S/C11H18N2O3S2/c1-5-7(2)13(4)10(14)9-6-17-11(8(9)3)18(12,15)16/h6-7H,5H2,1-4H3,(H2,12,15,16). The summed E-state index contributed by atoms with van der Waals surface area (Å²) in [5, 5.41) is 6.64. The van der Waals surface area contributed by atoms with Gasteiger partial charge in [0.05, 0.1) is 5.56 Å². The minimum Gasteiger partial charge on any atom is -0.339 e. The molecule has 0 bridgehead atoms. The zero-order valence-corrected chi connectivity index (χ0v) is 12.6. The van der Waals surface area contributed by atoms with Gasteiger partial charge >= 0.3 is 0 Å². The van der Waals surface area contributed by atoms with Gasteiger partial charge in [0.2, 0.25) is 10.0 Å². The summed E-state index contributed by atoms with van der Waals surface area (Å²) in [5.74, 6) is -0.173. The fourth-order valence-corrected chi connectivity index (χ4v) is 3.56. The van der Waals surface area contributed by atoms with Gasteiger partial charge in [-0.15, -0.1) is 11.3 Å². The molecule has 18 heavy (non-hydrogen) atoms. The molecule has 0 saturated heterocycles. The Kier molecular flexibility index (Phi) is 4.52. The zero-order chi connectivity index (χ0) is 14.1. The van der Waals surface area contributed by atoms with Gasteiger partial charge in [0.25, 0.3) is 5.91 Å². The lowest BCUT2D eigenvalue weighted by atomic mass is 10.1. The number of thiophene rings is 1. The Morgan fingerprint density at radius 2 is 2.11 bits per heavy atom. The average Bonchev–Trinajstić information content (AvgIpc) is 2.67. The molecule has 0 aliphatic heterocycles. The van der Waals surface area contributed by atoms with E-state index in [0.717, 1.165) is 17.8 Å². The number of nitrogens with two attached hydrogens (primary N) is 1. The van der Waals surface area contributed by atoms with Crippen molar-refractivity contribution >= 4 is 27.3 Å². The topological polar surface area (TPSA) is 80.5 Å². The maximum atomic E-state index is 12.2. The van der Waals surface area contributed by atoms with Crippen molar-refractivity contribution in [3.63, 3.8) is 0 Å². The number of hydrogen-bond acceptors (Lipinski definition) is 4. The Hall–Kier alpha value is -0.920. The van der Waals surface area contributed by atoms with E-state index in [1.54, 1.807) is 24.3 Å². The highest BCUT2D eigenvalue weighted by Gasteiger charge is 2.24. The molecule has 1 amide bonds. The lowest BCUT2D eigenvalue weighted by Crippen LogP contribution is -2.34. The third-order valence-corrected chi connectivity index (χ3v) is 5.74. The fraction of sp³-hybridized carbons (Fsp3) is 0.545. The molecule has 102 valence electrons. The first-order valence-electron chi connectivity index (χ1n) is 5.58. The van der Waals surface area contributed by atoms with Crippen molar-refractivity contribution in [1.29, 1.82) is 0 Å². The third kappa shape index (κ3) is 2.90. The van der Waals surface area contributed by atoms with E-state index in [1.165, 1.54) is 0 Å². The molecule has 0 aliphatic carbocycles.